The number of rotatable bonds is 6. The maximum absolute atomic E-state index is 10.5. The van der Waals surface area contributed by atoms with E-state index in [1.807, 2.05) is 24.3 Å². The van der Waals surface area contributed by atoms with Crippen molar-refractivity contribution in [3.8, 4) is 11.5 Å². The molecule has 0 aromatic heterocycles. The van der Waals surface area contributed by atoms with Crippen molar-refractivity contribution in [1.29, 1.82) is 0 Å². The standard InChI is InChI=1S/2C8H10NO.2C2HF3O2.2Hg/c2*9-6-7-10-8-4-2-1-3-5-8;2*3-2(4,5)1(6)7;;/h2*2-5H,6-7,9H2;2*(H,6,7);;/q;;;;2*+1/p-2. The summed E-state index contributed by atoms with van der Waals surface area (Å²) in [5, 5.41) is 17.6. The normalized spacial score (nSPS) is 10.3. The van der Waals surface area contributed by atoms with Crippen LogP contribution in [0.5, 0.6) is 11.5 Å². The number of hydrogen-bond acceptors (Lipinski definition) is 8. The third-order valence-electron chi connectivity index (χ3n) is 3.08. The number of nitrogens with two attached hydrogens (primary N) is 2. The number of alkyl halides is 6. The second-order valence-electron chi connectivity index (χ2n) is 6.13. The van der Waals surface area contributed by atoms with Gasteiger partial charge < -0.3 is 19.8 Å². The Morgan fingerprint density at radius 2 is 0.889 bits per heavy atom. The van der Waals surface area contributed by atoms with Crippen molar-refractivity contribution in [2.45, 2.75) is 12.4 Å². The summed E-state index contributed by atoms with van der Waals surface area (Å²) in [6.07, 6.45) is -10.4. The molecule has 0 aliphatic carbocycles. The third-order valence-corrected chi connectivity index (χ3v) is 6.75. The van der Waals surface area contributed by atoms with Crippen LogP contribution in [0.2, 0.25) is 0 Å². The van der Waals surface area contributed by atoms with Crippen molar-refractivity contribution in [2.24, 2.45) is 11.5 Å². The van der Waals surface area contributed by atoms with Gasteiger partial charge in [-0.1, -0.05) is 0 Å². The number of carboxylic acids is 2. The van der Waals surface area contributed by atoms with E-state index in [0.717, 1.165) is 11.5 Å². The maximum Gasteiger partial charge on any atom is 0.430 e. The third kappa shape index (κ3) is 21.6. The minimum Gasteiger partial charge on any atom is -0.542 e. The molecular weight excluding hydrogens is 879 g/mol. The van der Waals surface area contributed by atoms with Crippen LogP contribution in [-0.4, -0.2) is 50.6 Å². The van der Waals surface area contributed by atoms with Gasteiger partial charge in [-0.2, -0.15) is 26.3 Å². The summed E-state index contributed by atoms with van der Waals surface area (Å²) in [5.41, 5.74) is 10.6. The molecule has 2 rings (SSSR count). The number of aliphatic carboxylic acids is 2. The molecule has 0 aliphatic heterocycles. The van der Waals surface area contributed by atoms with Gasteiger partial charge in [-0.05, 0) is 0 Å². The van der Waals surface area contributed by atoms with Gasteiger partial charge >= 0.3 is 178 Å². The molecule has 8 nitrogen and oxygen atoms in total. The molecule has 0 fully saturated rings. The van der Waals surface area contributed by atoms with E-state index in [1.54, 1.807) is 0 Å². The van der Waals surface area contributed by atoms with Gasteiger partial charge in [0.05, 0.1) is 0 Å². The fourth-order valence-electron chi connectivity index (χ4n) is 1.52. The van der Waals surface area contributed by atoms with Crippen molar-refractivity contribution in [2.75, 3.05) is 26.3 Å². The maximum atomic E-state index is 10.5. The summed E-state index contributed by atoms with van der Waals surface area (Å²) in [6.45, 7) is 2.36. The summed E-state index contributed by atoms with van der Waals surface area (Å²) in [5.74, 6) is -4.17. The van der Waals surface area contributed by atoms with E-state index in [0.29, 0.717) is 78.5 Å². The van der Waals surface area contributed by atoms with E-state index in [9.17, 15) is 26.3 Å². The summed E-state index contributed by atoms with van der Waals surface area (Å²) >= 11 is 1.43. The molecule has 0 atom stereocenters. The Bertz CT molecular complexity index is 809. The number of benzene rings is 2. The van der Waals surface area contributed by atoms with Crippen molar-refractivity contribution in [3.63, 3.8) is 0 Å². The van der Waals surface area contributed by atoms with Crippen LogP contribution < -0.4 is 37.3 Å². The zero-order valence-electron chi connectivity index (χ0n) is 18.7. The zero-order chi connectivity index (χ0) is 28.4. The molecule has 192 valence electrons. The first-order chi connectivity index (χ1) is 16.5. The van der Waals surface area contributed by atoms with Crippen molar-refractivity contribution < 1.29 is 108 Å². The van der Waals surface area contributed by atoms with Crippen LogP contribution in [0.1, 0.15) is 0 Å². The molecule has 0 radical (unpaired) electrons. The Labute approximate surface area is 234 Å². The van der Waals surface area contributed by atoms with Crippen molar-refractivity contribution in [1.82, 2.24) is 0 Å². The predicted molar refractivity (Wildman–Crippen MR) is 103 cm³/mol. The second-order valence-corrected chi connectivity index (χ2v) is 12.5. The first kappa shape index (κ1) is 36.5. The average Bonchev–Trinajstić information content (AvgIpc) is 2.78. The number of hydrogen-bond donors (Lipinski definition) is 2. The molecule has 4 N–H and O–H groups in total. The van der Waals surface area contributed by atoms with E-state index in [1.165, 1.54) is 6.14 Å². The summed E-state index contributed by atoms with van der Waals surface area (Å²) in [6, 6.07) is 16.4. The topological polar surface area (TPSA) is 151 Å². The summed E-state index contributed by atoms with van der Waals surface area (Å²) < 4.78 is 76.6. The Morgan fingerprint density at radius 1 is 0.667 bits per heavy atom. The molecular formula is C20H20F6Hg2N2O6. The zero-order valence-corrected chi connectivity index (χ0v) is 29.7. The predicted octanol–water partition coefficient (Wildman–Crippen LogP) is -1.01. The van der Waals surface area contributed by atoms with E-state index >= 15 is 0 Å². The van der Waals surface area contributed by atoms with E-state index in [4.69, 9.17) is 40.7 Å². The van der Waals surface area contributed by atoms with Gasteiger partial charge in [0.1, 0.15) is 11.9 Å². The molecule has 0 spiro atoms. The summed E-state index contributed by atoms with van der Waals surface area (Å²) in [7, 11) is 0. The van der Waals surface area contributed by atoms with E-state index < -0.39 is 24.3 Å². The van der Waals surface area contributed by atoms with Gasteiger partial charge in [-0.15, -0.1) is 0 Å². The Kier molecular flexibility index (Phi) is 19.7. The molecule has 0 saturated carbocycles. The number of ether oxygens (including phenoxy) is 2. The fraction of sp³-hybridized carbons (Fsp3) is 0.300. The van der Waals surface area contributed by atoms with Crippen LogP contribution in [0.25, 0.3) is 0 Å². The van der Waals surface area contributed by atoms with Crippen LogP contribution >= 0.6 is 0 Å². The van der Waals surface area contributed by atoms with Crippen LogP contribution in [0.4, 0.5) is 26.3 Å². The van der Waals surface area contributed by atoms with Gasteiger partial charge in [0.15, 0.2) is 0 Å². The molecule has 0 unspecified atom stereocenters. The molecule has 16 heteroatoms. The van der Waals surface area contributed by atoms with Crippen molar-refractivity contribution >= 4 is 18.1 Å². The number of halogens is 6. The molecule has 36 heavy (non-hydrogen) atoms. The minimum atomic E-state index is -5.19. The average molecular weight is 900 g/mol. The molecule has 0 heterocycles. The van der Waals surface area contributed by atoms with Crippen LogP contribution in [0.3, 0.4) is 0 Å². The number of carbonyl (C=O) groups excluding carboxylic acids is 2. The second kappa shape index (κ2) is 19.5. The quantitative estimate of drug-likeness (QED) is 0.277. The Balaban J connectivity index is 0. The first-order valence-corrected chi connectivity index (χ1v) is 15.1. The van der Waals surface area contributed by atoms with Gasteiger partial charge in [-0.25, -0.2) is 0 Å². The van der Waals surface area contributed by atoms with Crippen molar-refractivity contribution in [3.05, 3.63) is 48.5 Å². The monoisotopic (exact) mass is 902 g/mol. The first-order valence-electron chi connectivity index (χ1n) is 9.60. The van der Waals surface area contributed by atoms with Crippen LogP contribution in [0.15, 0.2) is 48.5 Å². The molecule has 0 saturated heterocycles. The minimum absolute atomic E-state index is 0.576. The summed E-state index contributed by atoms with van der Waals surface area (Å²) in [4.78, 5) is 17.6. The van der Waals surface area contributed by atoms with E-state index in [2.05, 4.69) is 24.3 Å². The molecule has 2 aromatic carbocycles. The van der Waals surface area contributed by atoms with Crippen LogP contribution in [-0.2, 0) is 61.8 Å². The number of carbonyl (C=O) groups is 2. The van der Waals surface area contributed by atoms with Gasteiger partial charge in [0.2, 0.25) is 0 Å². The SMILES string of the molecule is NCCOc1cc[c]([Hg+])cc1.NCCOc1cc[c]([Hg+])cc1.O=C([O-])C(F)(F)F.O=C([O-])C(F)(F)F. The largest absolute Gasteiger partial charge is 0.542 e. The molecule has 0 amide bonds. The molecule has 0 bridgehead atoms. The Morgan fingerprint density at radius 3 is 1.06 bits per heavy atom. The fourth-order valence-corrected chi connectivity index (χ4v) is 3.36. The van der Waals surface area contributed by atoms with Gasteiger partial charge in [0.25, 0.3) is 0 Å². The number of carboxylic acid groups (broad SMARTS) is 2. The van der Waals surface area contributed by atoms with Gasteiger partial charge in [0, 0.05) is 0 Å². The Hall–Kier alpha value is -1.65. The van der Waals surface area contributed by atoms with Crippen LogP contribution in [0, 0.1) is 0 Å². The molecule has 0 aliphatic rings. The van der Waals surface area contributed by atoms with Gasteiger partial charge in [-0.3, -0.25) is 0 Å². The van der Waals surface area contributed by atoms with E-state index in [-0.39, 0.29) is 0 Å². The smallest absolute Gasteiger partial charge is 0.430 e. The molecule has 2 aromatic rings.